The van der Waals surface area contributed by atoms with E-state index in [2.05, 4.69) is 0 Å². The van der Waals surface area contributed by atoms with Crippen molar-refractivity contribution in [2.45, 2.75) is 25.9 Å². The third kappa shape index (κ3) is 4.31. The van der Waals surface area contributed by atoms with Crippen LogP contribution in [0.15, 0.2) is 18.2 Å². The zero-order chi connectivity index (χ0) is 17.7. The minimum Gasteiger partial charge on any atom is -0.483 e. The Kier molecular flexibility index (Phi) is 5.55. The number of carbonyl (C=O) groups is 1. The van der Waals surface area contributed by atoms with Crippen LogP contribution < -0.4 is 9.47 Å². The van der Waals surface area contributed by atoms with Crippen LogP contribution in [-0.4, -0.2) is 40.4 Å². The van der Waals surface area contributed by atoms with Crippen molar-refractivity contribution in [3.63, 3.8) is 0 Å². The third-order valence-electron chi connectivity index (χ3n) is 3.24. The second kappa shape index (κ2) is 7.43. The van der Waals surface area contributed by atoms with Gasteiger partial charge in [-0.25, -0.2) is 13.4 Å². The van der Waals surface area contributed by atoms with Crippen molar-refractivity contribution in [3.05, 3.63) is 23.8 Å². The highest BCUT2D eigenvalue weighted by Crippen LogP contribution is 2.42. The predicted octanol–water partition coefficient (Wildman–Crippen LogP) is 2.74. The number of amides is 1. The highest BCUT2D eigenvalue weighted by atomic mass is 32.2. The molecule has 7 nitrogen and oxygen atoms in total. The van der Waals surface area contributed by atoms with Crippen LogP contribution >= 0.6 is 12.1 Å². The van der Waals surface area contributed by atoms with Gasteiger partial charge in [0.1, 0.15) is 5.60 Å². The van der Waals surface area contributed by atoms with Gasteiger partial charge in [0.25, 0.3) is 0 Å². The zero-order valence-electron chi connectivity index (χ0n) is 13.8. The van der Waals surface area contributed by atoms with Gasteiger partial charge in [-0.2, -0.15) is 10.5 Å². The first-order valence-electron chi connectivity index (χ1n) is 7.29. The van der Waals surface area contributed by atoms with E-state index in [0.29, 0.717) is 11.5 Å². The number of nitriles is 2. The summed E-state index contributed by atoms with van der Waals surface area (Å²) < 4.78 is 14.0. The van der Waals surface area contributed by atoms with Crippen LogP contribution in [0.1, 0.15) is 19.4 Å². The second-order valence-corrected chi connectivity index (χ2v) is 7.07. The van der Waals surface area contributed by atoms with Crippen LogP contribution in [0.25, 0.3) is 0 Å². The average Bonchev–Trinajstić information content (AvgIpc) is 2.82. The predicted molar refractivity (Wildman–Crippen MR) is 89.0 cm³/mol. The largest absolute Gasteiger partial charge is 0.483 e. The summed E-state index contributed by atoms with van der Waals surface area (Å²) in [5, 5.41) is 17.5. The number of fused-ring (bicyclic) bond motifs is 1. The highest BCUT2D eigenvalue weighted by molar-refractivity contribution is 7.95. The van der Waals surface area contributed by atoms with E-state index in [1.165, 1.54) is 15.7 Å². The Balaban J connectivity index is 2.05. The number of nitrogens with zero attached hydrogens (tertiary/aromatic N) is 4. The van der Waals surface area contributed by atoms with Gasteiger partial charge >= 0.3 is 6.09 Å². The SMILES string of the molecule is CN(SN(CC#N)CC#N)C(=O)Oc1cccc2c1OC(C)(C)C2. The molecule has 1 aliphatic rings. The lowest BCUT2D eigenvalue weighted by Crippen LogP contribution is -2.30. The summed E-state index contributed by atoms with van der Waals surface area (Å²) in [6, 6.07) is 9.33. The molecule has 1 aliphatic heterocycles. The number of para-hydroxylation sites is 1. The molecular formula is C16H18N4O3S. The molecule has 1 aromatic carbocycles. The summed E-state index contributed by atoms with van der Waals surface area (Å²) in [5.74, 6) is 0.947. The van der Waals surface area contributed by atoms with E-state index in [0.717, 1.165) is 24.1 Å². The van der Waals surface area contributed by atoms with Crippen LogP contribution in [-0.2, 0) is 6.42 Å². The normalized spacial score (nSPS) is 14.2. The average molecular weight is 346 g/mol. The summed E-state index contributed by atoms with van der Waals surface area (Å²) in [6.07, 6.45) is 0.138. The van der Waals surface area contributed by atoms with Crippen molar-refractivity contribution in [3.8, 4) is 23.6 Å². The van der Waals surface area contributed by atoms with Gasteiger partial charge in [0.2, 0.25) is 0 Å². The molecular weight excluding hydrogens is 328 g/mol. The van der Waals surface area contributed by atoms with Gasteiger partial charge in [0.05, 0.1) is 25.2 Å². The quantitative estimate of drug-likeness (QED) is 0.598. The summed E-state index contributed by atoms with van der Waals surface area (Å²) in [4.78, 5) is 12.3. The summed E-state index contributed by atoms with van der Waals surface area (Å²) in [7, 11) is 1.52. The fraction of sp³-hybridized carbons (Fsp3) is 0.438. The maximum absolute atomic E-state index is 12.3. The van der Waals surface area contributed by atoms with E-state index in [9.17, 15) is 4.79 Å². The lowest BCUT2D eigenvalue weighted by atomic mass is 10.0. The Labute approximate surface area is 145 Å². The van der Waals surface area contributed by atoms with Crippen LogP contribution in [0.3, 0.4) is 0 Å². The van der Waals surface area contributed by atoms with E-state index in [4.69, 9.17) is 20.0 Å². The Morgan fingerprint density at radius 3 is 2.67 bits per heavy atom. The van der Waals surface area contributed by atoms with Gasteiger partial charge in [-0.15, -0.1) is 0 Å². The van der Waals surface area contributed by atoms with E-state index in [1.54, 1.807) is 6.07 Å². The van der Waals surface area contributed by atoms with Crippen LogP contribution in [0.2, 0.25) is 0 Å². The van der Waals surface area contributed by atoms with Crippen LogP contribution in [0, 0.1) is 22.7 Å². The molecule has 0 fully saturated rings. The van der Waals surface area contributed by atoms with Crippen molar-refractivity contribution >= 4 is 18.2 Å². The molecule has 24 heavy (non-hydrogen) atoms. The molecule has 0 spiro atoms. The molecule has 0 aromatic heterocycles. The van der Waals surface area contributed by atoms with Crippen molar-refractivity contribution < 1.29 is 14.3 Å². The Morgan fingerprint density at radius 1 is 1.38 bits per heavy atom. The molecule has 0 radical (unpaired) electrons. The zero-order valence-corrected chi connectivity index (χ0v) is 14.6. The molecule has 0 atom stereocenters. The van der Waals surface area contributed by atoms with Crippen LogP contribution in [0.5, 0.6) is 11.5 Å². The number of ether oxygens (including phenoxy) is 2. The molecule has 0 unspecified atom stereocenters. The first-order chi connectivity index (χ1) is 11.4. The summed E-state index contributed by atoms with van der Waals surface area (Å²) in [6.45, 7) is 3.99. The summed E-state index contributed by atoms with van der Waals surface area (Å²) in [5.41, 5.74) is 0.665. The van der Waals surface area contributed by atoms with E-state index < -0.39 is 6.09 Å². The van der Waals surface area contributed by atoms with E-state index >= 15 is 0 Å². The van der Waals surface area contributed by atoms with Crippen molar-refractivity contribution in [2.75, 3.05) is 20.1 Å². The minimum absolute atomic E-state index is 0.0217. The van der Waals surface area contributed by atoms with Crippen molar-refractivity contribution in [1.29, 1.82) is 10.5 Å². The monoisotopic (exact) mass is 346 g/mol. The van der Waals surface area contributed by atoms with Gasteiger partial charge < -0.3 is 9.47 Å². The number of benzene rings is 1. The fourth-order valence-electron chi connectivity index (χ4n) is 2.30. The summed E-state index contributed by atoms with van der Waals surface area (Å²) >= 11 is 0.961. The van der Waals surface area contributed by atoms with Gasteiger partial charge in [-0.3, -0.25) is 0 Å². The maximum Gasteiger partial charge on any atom is 0.426 e. The lowest BCUT2D eigenvalue weighted by Gasteiger charge is -2.22. The molecule has 2 rings (SSSR count). The van der Waals surface area contributed by atoms with Gasteiger partial charge in [0.15, 0.2) is 11.5 Å². The first kappa shape index (κ1) is 17.9. The molecule has 0 saturated heterocycles. The number of hydrogen-bond donors (Lipinski definition) is 0. The molecule has 8 heteroatoms. The van der Waals surface area contributed by atoms with Crippen LogP contribution in [0.4, 0.5) is 4.79 Å². The molecule has 1 aromatic rings. The Bertz CT molecular complexity index is 692. The van der Waals surface area contributed by atoms with Crippen molar-refractivity contribution in [1.82, 2.24) is 8.61 Å². The highest BCUT2D eigenvalue weighted by Gasteiger charge is 2.33. The molecule has 1 amide bonds. The minimum atomic E-state index is -0.609. The van der Waals surface area contributed by atoms with E-state index in [-0.39, 0.29) is 18.7 Å². The number of rotatable bonds is 5. The molecule has 1 heterocycles. The Morgan fingerprint density at radius 2 is 2.04 bits per heavy atom. The first-order valence-corrected chi connectivity index (χ1v) is 8.02. The van der Waals surface area contributed by atoms with Gasteiger partial charge in [-0.05, 0) is 19.9 Å². The third-order valence-corrected chi connectivity index (χ3v) is 4.12. The van der Waals surface area contributed by atoms with Gasteiger partial charge in [-0.1, -0.05) is 12.1 Å². The standard InChI is InChI=1S/C16H18N4O3S/c1-16(2)11-12-5-4-6-13(14(12)23-16)22-15(21)19(3)24-20(9-7-17)10-8-18/h4-6H,9-11H2,1-3H3. The number of carbonyl (C=O) groups excluding carboxylic acids is 1. The molecule has 126 valence electrons. The fourth-order valence-corrected chi connectivity index (χ4v) is 2.99. The molecule has 0 N–H and O–H groups in total. The maximum atomic E-state index is 12.3. The lowest BCUT2D eigenvalue weighted by molar-refractivity contribution is 0.131. The molecule has 0 saturated carbocycles. The second-order valence-electron chi connectivity index (χ2n) is 5.84. The van der Waals surface area contributed by atoms with E-state index in [1.807, 2.05) is 38.1 Å². The molecule has 0 aliphatic carbocycles. The topological polar surface area (TPSA) is 89.6 Å². The smallest absolute Gasteiger partial charge is 0.426 e. The van der Waals surface area contributed by atoms with Crippen molar-refractivity contribution in [2.24, 2.45) is 0 Å². The van der Waals surface area contributed by atoms with Gasteiger partial charge in [0, 0.05) is 31.2 Å². The molecule has 0 bridgehead atoms. The number of hydrogen-bond acceptors (Lipinski definition) is 7. The Hall–Kier alpha value is -2.42.